The molecule has 0 saturated heterocycles. The predicted molar refractivity (Wildman–Crippen MR) is 46.4 cm³/mol. The van der Waals surface area contributed by atoms with Crippen LogP contribution in [0.25, 0.3) is 0 Å². The van der Waals surface area contributed by atoms with Crippen molar-refractivity contribution in [1.29, 1.82) is 0 Å². The first kappa shape index (κ1) is 6.86. The Bertz CT molecular complexity index is 230. The molecule has 0 radical (unpaired) electrons. The van der Waals surface area contributed by atoms with Crippen LogP contribution in [0.3, 0.4) is 0 Å². The summed E-state index contributed by atoms with van der Waals surface area (Å²) in [4.78, 5) is 0. The molecule has 11 heavy (non-hydrogen) atoms. The largest absolute Gasteiger partial charge is 0.327 e. The fraction of sp³-hybridized carbons (Fsp3) is 0.400. The van der Waals surface area contributed by atoms with Gasteiger partial charge in [0.25, 0.3) is 0 Å². The minimum Gasteiger partial charge on any atom is -0.327 e. The van der Waals surface area contributed by atoms with Gasteiger partial charge in [-0.25, -0.2) is 0 Å². The number of rotatable bonds is 1. The van der Waals surface area contributed by atoms with Crippen molar-refractivity contribution in [2.24, 2.45) is 5.73 Å². The number of nitrogens with two attached hydrogens (primary N) is 1. The lowest BCUT2D eigenvalue weighted by Gasteiger charge is -2.33. The zero-order valence-electron chi connectivity index (χ0n) is 6.53. The van der Waals surface area contributed by atoms with Crippen LogP contribution < -0.4 is 5.73 Å². The van der Waals surface area contributed by atoms with Gasteiger partial charge in [-0.1, -0.05) is 30.3 Å². The standard InChI is InChI=1S/C10H13N/c11-10-7-6-9(10)8-4-2-1-3-5-8/h1-5,9-10H,6-7,11H2/t9?,10-/m0/s1. The van der Waals surface area contributed by atoms with Gasteiger partial charge >= 0.3 is 0 Å². The third kappa shape index (κ3) is 1.16. The fourth-order valence-electron chi connectivity index (χ4n) is 1.64. The van der Waals surface area contributed by atoms with Crippen molar-refractivity contribution in [1.82, 2.24) is 0 Å². The minimum absolute atomic E-state index is 0.414. The van der Waals surface area contributed by atoms with E-state index in [4.69, 9.17) is 5.73 Å². The molecule has 1 heteroatoms. The Morgan fingerprint density at radius 3 is 2.27 bits per heavy atom. The maximum absolute atomic E-state index is 5.85. The van der Waals surface area contributed by atoms with E-state index in [-0.39, 0.29) is 0 Å². The molecule has 2 atom stereocenters. The highest BCUT2D eigenvalue weighted by Gasteiger charge is 2.28. The van der Waals surface area contributed by atoms with Crippen LogP contribution in [0.15, 0.2) is 30.3 Å². The minimum atomic E-state index is 0.414. The average Bonchev–Trinajstić information content (AvgIpc) is 2.04. The maximum Gasteiger partial charge on any atom is 0.0108 e. The highest BCUT2D eigenvalue weighted by atomic mass is 14.7. The van der Waals surface area contributed by atoms with Gasteiger partial charge in [-0.2, -0.15) is 0 Å². The Labute approximate surface area is 67.2 Å². The van der Waals surface area contributed by atoms with E-state index in [1.807, 2.05) is 6.07 Å². The Morgan fingerprint density at radius 2 is 1.82 bits per heavy atom. The Balaban J connectivity index is 2.17. The van der Waals surface area contributed by atoms with Crippen LogP contribution in [0.5, 0.6) is 0 Å². The van der Waals surface area contributed by atoms with Crippen LogP contribution in [0, 0.1) is 0 Å². The van der Waals surface area contributed by atoms with E-state index >= 15 is 0 Å². The fourth-order valence-corrected chi connectivity index (χ4v) is 1.64. The molecule has 2 rings (SSSR count). The number of hydrogen-bond acceptors (Lipinski definition) is 1. The van der Waals surface area contributed by atoms with Crippen LogP contribution in [-0.2, 0) is 0 Å². The monoisotopic (exact) mass is 147 g/mol. The second-order valence-electron chi connectivity index (χ2n) is 3.26. The molecule has 2 N–H and O–H groups in total. The molecule has 1 fully saturated rings. The van der Waals surface area contributed by atoms with Crippen molar-refractivity contribution in [3.8, 4) is 0 Å². The molecule has 0 aliphatic heterocycles. The molecule has 1 nitrogen and oxygen atoms in total. The number of hydrogen-bond donors (Lipinski definition) is 1. The predicted octanol–water partition coefficient (Wildman–Crippen LogP) is 1.89. The molecule has 1 aliphatic carbocycles. The molecule has 0 bridgehead atoms. The van der Waals surface area contributed by atoms with E-state index in [2.05, 4.69) is 24.3 Å². The van der Waals surface area contributed by atoms with Gasteiger partial charge in [0.1, 0.15) is 0 Å². The highest BCUT2D eigenvalue weighted by molar-refractivity contribution is 5.23. The van der Waals surface area contributed by atoms with E-state index in [0.717, 1.165) is 0 Å². The molecule has 0 spiro atoms. The summed E-state index contributed by atoms with van der Waals surface area (Å²) in [6.07, 6.45) is 2.46. The second kappa shape index (κ2) is 2.67. The first-order chi connectivity index (χ1) is 5.38. The molecule has 0 heterocycles. The van der Waals surface area contributed by atoms with Crippen LogP contribution in [0.1, 0.15) is 24.3 Å². The Kier molecular flexibility index (Phi) is 1.66. The van der Waals surface area contributed by atoms with Crippen molar-refractivity contribution < 1.29 is 0 Å². The highest BCUT2D eigenvalue weighted by Crippen LogP contribution is 2.34. The van der Waals surface area contributed by atoms with Gasteiger partial charge in [0.05, 0.1) is 0 Å². The second-order valence-corrected chi connectivity index (χ2v) is 3.26. The summed E-state index contributed by atoms with van der Waals surface area (Å²) in [5.74, 6) is 0.635. The summed E-state index contributed by atoms with van der Waals surface area (Å²) in [6.45, 7) is 0. The van der Waals surface area contributed by atoms with Gasteiger partial charge in [0.15, 0.2) is 0 Å². The first-order valence-electron chi connectivity index (χ1n) is 4.18. The summed E-state index contributed by atoms with van der Waals surface area (Å²) in [5.41, 5.74) is 7.26. The van der Waals surface area contributed by atoms with Crippen LogP contribution >= 0.6 is 0 Å². The summed E-state index contributed by atoms with van der Waals surface area (Å²) in [7, 11) is 0. The summed E-state index contributed by atoms with van der Waals surface area (Å²) in [5, 5.41) is 0. The average molecular weight is 147 g/mol. The molecule has 1 aliphatic rings. The van der Waals surface area contributed by atoms with Crippen LogP contribution in [0.2, 0.25) is 0 Å². The van der Waals surface area contributed by atoms with Crippen molar-refractivity contribution in [2.75, 3.05) is 0 Å². The molecule has 1 saturated carbocycles. The van der Waals surface area contributed by atoms with E-state index in [0.29, 0.717) is 12.0 Å². The molecular formula is C10H13N. The van der Waals surface area contributed by atoms with E-state index < -0.39 is 0 Å². The van der Waals surface area contributed by atoms with Crippen LogP contribution in [-0.4, -0.2) is 6.04 Å². The summed E-state index contributed by atoms with van der Waals surface area (Å²) < 4.78 is 0. The van der Waals surface area contributed by atoms with Gasteiger partial charge in [0, 0.05) is 6.04 Å². The van der Waals surface area contributed by atoms with Crippen molar-refractivity contribution >= 4 is 0 Å². The lowest BCUT2D eigenvalue weighted by molar-refractivity contribution is 0.347. The van der Waals surface area contributed by atoms with Crippen molar-refractivity contribution in [3.63, 3.8) is 0 Å². The summed E-state index contributed by atoms with van der Waals surface area (Å²) in [6, 6.07) is 11.0. The third-order valence-electron chi connectivity index (χ3n) is 2.56. The molecular weight excluding hydrogens is 134 g/mol. The smallest absolute Gasteiger partial charge is 0.0108 e. The third-order valence-corrected chi connectivity index (χ3v) is 2.56. The normalized spacial score (nSPS) is 29.5. The zero-order chi connectivity index (χ0) is 7.68. The van der Waals surface area contributed by atoms with Crippen LogP contribution in [0.4, 0.5) is 0 Å². The lowest BCUT2D eigenvalue weighted by atomic mass is 9.76. The van der Waals surface area contributed by atoms with E-state index in [1.54, 1.807) is 0 Å². The lowest BCUT2D eigenvalue weighted by Crippen LogP contribution is -2.37. The molecule has 1 aromatic rings. The first-order valence-corrected chi connectivity index (χ1v) is 4.18. The SMILES string of the molecule is N[C@H]1CCC1c1ccccc1. The van der Waals surface area contributed by atoms with E-state index in [9.17, 15) is 0 Å². The quantitative estimate of drug-likeness (QED) is 0.645. The Hall–Kier alpha value is -0.820. The van der Waals surface area contributed by atoms with Gasteiger partial charge < -0.3 is 5.73 Å². The number of benzene rings is 1. The van der Waals surface area contributed by atoms with Crippen molar-refractivity contribution in [3.05, 3.63) is 35.9 Å². The Morgan fingerprint density at radius 1 is 1.09 bits per heavy atom. The van der Waals surface area contributed by atoms with E-state index in [1.165, 1.54) is 18.4 Å². The molecule has 1 aromatic carbocycles. The summed E-state index contributed by atoms with van der Waals surface area (Å²) >= 11 is 0. The zero-order valence-corrected chi connectivity index (χ0v) is 6.53. The topological polar surface area (TPSA) is 26.0 Å². The van der Waals surface area contributed by atoms with Gasteiger partial charge in [-0.05, 0) is 24.3 Å². The maximum atomic E-state index is 5.85. The molecule has 1 unspecified atom stereocenters. The van der Waals surface area contributed by atoms with Gasteiger partial charge in [-0.15, -0.1) is 0 Å². The van der Waals surface area contributed by atoms with Gasteiger partial charge in [0.2, 0.25) is 0 Å². The molecule has 0 amide bonds. The molecule has 0 aromatic heterocycles. The molecule has 58 valence electrons. The van der Waals surface area contributed by atoms with Crippen molar-refractivity contribution in [2.45, 2.75) is 24.8 Å². The van der Waals surface area contributed by atoms with Gasteiger partial charge in [-0.3, -0.25) is 0 Å².